The van der Waals surface area contributed by atoms with Crippen LogP contribution in [-0.2, 0) is 11.3 Å². The average Bonchev–Trinajstić information content (AvgIpc) is 2.62. The van der Waals surface area contributed by atoms with Gasteiger partial charge in [-0.2, -0.15) is 0 Å². The Balaban J connectivity index is 1.54. The lowest BCUT2D eigenvalue weighted by molar-refractivity contribution is 0.0600. The molecule has 1 heterocycles. The summed E-state index contributed by atoms with van der Waals surface area (Å²) in [5.41, 5.74) is 2.98. The molecule has 0 atom stereocenters. The van der Waals surface area contributed by atoms with Gasteiger partial charge < -0.3 is 9.64 Å². The summed E-state index contributed by atoms with van der Waals surface area (Å²) < 4.78 is 4.72. The number of rotatable bonds is 4. The van der Waals surface area contributed by atoms with Crippen LogP contribution in [0.3, 0.4) is 0 Å². The normalized spacial score (nSPS) is 15.3. The molecule has 0 unspecified atom stereocenters. The Bertz CT molecular complexity index is 695. The SMILES string of the molecule is COC(=O)c1ccc(CN2CCN(c3cccc(Cl)c3)CC2)cc1. The van der Waals surface area contributed by atoms with Crippen LogP contribution in [0.5, 0.6) is 0 Å². The van der Waals surface area contributed by atoms with Crippen molar-refractivity contribution in [1.29, 1.82) is 0 Å². The molecule has 0 aliphatic carbocycles. The number of carbonyl (C=O) groups is 1. The zero-order valence-electron chi connectivity index (χ0n) is 13.7. The summed E-state index contributed by atoms with van der Waals surface area (Å²) >= 11 is 6.08. The van der Waals surface area contributed by atoms with E-state index in [1.807, 2.05) is 42.5 Å². The van der Waals surface area contributed by atoms with Gasteiger partial charge in [-0.15, -0.1) is 0 Å². The van der Waals surface area contributed by atoms with E-state index in [2.05, 4.69) is 15.9 Å². The lowest BCUT2D eigenvalue weighted by Gasteiger charge is -2.36. The molecule has 1 fully saturated rings. The van der Waals surface area contributed by atoms with Crippen molar-refractivity contribution in [3.8, 4) is 0 Å². The largest absolute Gasteiger partial charge is 0.465 e. The molecule has 4 nitrogen and oxygen atoms in total. The first-order valence-electron chi connectivity index (χ1n) is 8.06. The maximum atomic E-state index is 11.5. The minimum Gasteiger partial charge on any atom is -0.465 e. The number of esters is 1. The van der Waals surface area contributed by atoms with Gasteiger partial charge in [-0.3, -0.25) is 4.90 Å². The molecule has 0 bridgehead atoms. The third kappa shape index (κ3) is 4.08. The van der Waals surface area contributed by atoms with Crippen LogP contribution in [0.25, 0.3) is 0 Å². The van der Waals surface area contributed by atoms with Gasteiger partial charge in [0.1, 0.15) is 0 Å². The molecule has 0 amide bonds. The van der Waals surface area contributed by atoms with Crippen molar-refractivity contribution in [3.63, 3.8) is 0 Å². The van der Waals surface area contributed by atoms with E-state index in [9.17, 15) is 4.79 Å². The number of ether oxygens (including phenoxy) is 1. The maximum absolute atomic E-state index is 11.5. The zero-order chi connectivity index (χ0) is 16.9. The van der Waals surface area contributed by atoms with Crippen molar-refractivity contribution in [1.82, 2.24) is 4.90 Å². The molecule has 0 spiro atoms. The van der Waals surface area contributed by atoms with E-state index in [-0.39, 0.29) is 5.97 Å². The van der Waals surface area contributed by atoms with E-state index in [0.717, 1.165) is 37.7 Å². The summed E-state index contributed by atoms with van der Waals surface area (Å²) in [6, 6.07) is 15.7. The standard InChI is InChI=1S/C19H21ClN2O2/c1-24-19(23)16-7-5-15(6-8-16)14-21-9-11-22(12-10-21)18-4-2-3-17(20)13-18/h2-8,13H,9-12,14H2,1H3. The highest BCUT2D eigenvalue weighted by Gasteiger charge is 2.17. The highest BCUT2D eigenvalue weighted by molar-refractivity contribution is 6.30. The zero-order valence-corrected chi connectivity index (χ0v) is 14.5. The van der Waals surface area contributed by atoms with Gasteiger partial charge in [0, 0.05) is 43.4 Å². The Labute approximate surface area is 147 Å². The lowest BCUT2D eigenvalue weighted by atomic mass is 10.1. The Morgan fingerprint density at radius 2 is 1.79 bits per heavy atom. The third-order valence-electron chi connectivity index (χ3n) is 4.33. The third-order valence-corrected chi connectivity index (χ3v) is 4.56. The van der Waals surface area contributed by atoms with Gasteiger partial charge in [0.25, 0.3) is 0 Å². The highest BCUT2D eigenvalue weighted by Crippen LogP contribution is 2.21. The smallest absolute Gasteiger partial charge is 0.337 e. The van der Waals surface area contributed by atoms with Gasteiger partial charge in [-0.1, -0.05) is 29.8 Å². The minimum absolute atomic E-state index is 0.295. The second kappa shape index (κ2) is 7.69. The number of anilines is 1. The molecule has 0 radical (unpaired) electrons. The van der Waals surface area contributed by atoms with E-state index in [1.54, 1.807) is 0 Å². The Kier molecular flexibility index (Phi) is 5.38. The van der Waals surface area contributed by atoms with Crippen molar-refractivity contribution in [3.05, 3.63) is 64.7 Å². The number of piperazine rings is 1. The average molecular weight is 345 g/mol. The van der Waals surface area contributed by atoms with Crippen molar-refractivity contribution in [2.45, 2.75) is 6.54 Å². The fourth-order valence-electron chi connectivity index (χ4n) is 2.96. The number of benzene rings is 2. The van der Waals surface area contributed by atoms with Crippen LogP contribution in [0.4, 0.5) is 5.69 Å². The molecule has 1 aliphatic rings. The van der Waals surface area contributed by atoms with Gasteiger partial charge in [0.2, 0.25) is 0 Å². The van der Waals surface area contributed by atoms with E-state index in [0.29, 0.717) is 5.56 Å². The second-order valence-electron chi connectivity index (χ2n) is 5.93. The summed E-state index contributed by atoms with van der Waals surface area (Å²) in [5, 5.41) is 0.778. The van der Waals surface area contributed by atoms with Crippen LogP contribution in [-0.4, -0.2) is 44.2 Å². The van der Waals surface area contributed by atoms with E-state index >= 15 is 0 Å². The molecule has 0 aromatic heterocycles. The van der Waals surface area contributed by atoms with Crippen molar-refractivity contribution >= 4 is 23.3 Å². The van der Waals surface area contributed by atoms with Gasteiger partial charge in [-0.25, -0.2) is 4.79 Å². The lowest BCUT2D eigenvalue weighted by Crippen LogP contribution is -2.45. The van der Waals surface area contributed by atoms with Crippen LogP contribution in [0.15, 0.2) is 48.5 Å². The van der Waals surface area contributed by atoms with Gasteiger partial charge in [0.05, 0.1) is 12.7 Å². The monoisotopic (exact) mass is 344 g/mol. The molecule has 0 saturated carbocycles. The Morgan fingerprint density at radius 1 is 1.08 bits per heavy atom. The summed E-state index contributed by atoms with van der Waals surface area (Å²) in [6.07, 6.45) is 0. The van der Waals surface area contributed by atoms with E-state index < -0.39 is 0 Å². The van der Waals surface area contributed by atoms with Gasteiger partial charge >= 0.3 is 5.97 Å². The molecule has 3 rings (SSSR count). The second-order valence-corrected chi connectivity index (χ2v) is 6.37. The number of nitrogens with zero attached hydrogens (tertiary/aromatic N) is 2. The molecule has 126 valence electrons. The molecule has 24 heavy (non-hydrogen) atoms. The molecular weight excluding hydrogens is 324 g/mol. The van der Waals surface area contributed by atoms with E-state index in [1.165, 1.54) is 18.4 Å². The van der Waals surface area contributed by atoms with Crippen molar-refractivity contribution in [2.75, 3.05) is 38.2 Å². The number of hydrogen-bond acceptors (Lipinski definition) is 4. The Morgan fingerprint density at radius 3 is 2.42 bits per heavy atom. The predicted molar refractivity (Wildman–Crippen MR) is 96.7 cm³/mol. The van der Waals surface area contributed by atoms with Crippen LogP contribution in [0.1, 0.15) is 15.9 Å². The topological polar surface area (TPSA) is 32.8 Å². The molecule has 1 aliphatic heterocycles. The van der Waals surface area contributed by atoms with Crippen LogP contribution < -0.4 is 4.90 Å². The molecular formula is C19H21ClN2O2. The van der Waals surface area contributed by atoms with Crippen molar-refractivity contribution < 1.29 is 9.53 Å². The molecule has 1 saturated heterocycles. The maximum Gasteiger partial charge on any atom is 0.337 e. The summed E-state index contributed by atoms with van der Waals surface area (Å²) in [7, 11) is 1.40. The number of methoxy groups -OCH3 is 1. The predicted octanol–water partition coefficient (Wildman–Crippen LogP) is 3.45. The number of hydrogen-bond donors (Lipinski definition) is 0. The van der Waals surface area contributed by atoms with Crippen LogP contribution in [0.2, 0.25) is 5.02 Å². The number of carbonyl (C=O) groups excluding carboxylic acids is 1. The first-order chi connectivity index (χ1) is 11.7. The van der Waals surface area contributed by atoms with E-state index in [4.69, 9.17) is 16.3 Å². The minimum atomic E-state index is -0.295. The molecule has 0 N–H and O–H groups in total. The van der Waals surface area contributed by atoms with Crippen LogP contribution >= 0.6 is 11.6 Å². The first-order valence-corrected chi connectivity index (χ1v) is 8.43. The highest BCUT2D eigenvalue weighted by atomic mass is 35.5. The summed E-state index contributed by atoms with van der Waals surface area (Å²) in [4.78, 5) is 16.3. The van der Waals surface area contributed by atoms with Crippen LogP contribution in [0, 0.1) is 0 Å². The quantitative estimate of drug-likeness (QED) is 0.795. The summed E-state index contributed by atoms with van der Waals surface area (Å²) in [6.45, 7) is 4.88. The fourth-order valence-corrected chi connectivity index (χ4v) is 3.14. The molecule has 5 heteroatoms. The Hall–Kier alpha value is -2.04. The molecule has 2 aromatic rings. The van der Waals surface area contributed by atoms with Gasteiger partial charge in [0.15, 0.2) is 0 Å². The molecule has 2 aromatic carbocycles. The summed E-state index contributed by atoms with van der Waals surface area (Å²) in [5.74, 6) is -0.295. The van der Waals surface area contributed by atoms with Crippen molar-refractivity contribution in [2.24, 2.45) is 0 Å². The first kappa shape index (κ1) is 16.8. The van der Waals surface area contributed by atoms with Gasteiger partial charge in [-0.05, 0) is 35.9 Å². The fraction of sp³-hybridized carbons (Fsp3) is 0.316. The number of halogens is 1.